The Kier molecular flexibility index (Phi) is 8.50. The summed E-state index contributed by atoms with van der Waals surface area (Å²) in [6, 6.07) is 19.2. The Morgan fingerprint density at radius 1 is 0.973 bits per heavy atom. The van der Waals surface area contributed by atoms with Crippen molar-refractivity contribution >= 4 is 28.6 Å². The third-order valence-electron chi connectivity index (χ3n) is 6.53. The number of para-hydroxylation sites is 1. The molecule has 194 valence electrons. The minimum Gasteiger partial charge on any atom is -0.370 e. The smallest absolute Gasteiger partial charge is 0.270 e. The molecule has 4 atom stereocenters. The predicted octanol–water partition coefficient (Wildman–Crippen LogP) is 3.14. The van der Waals surface area contributed by atoms with Crippen LogP contribution < -0.4 is 16.4 Å². The molecule has 3 amide bonds. The van der Waals surface area contributed by atoms with Crippen molar-refractivity contribution in [3.05, 3.63) is 78.0 Å². The van der Waals surface area contributed by atoms with E-state index in [0.717, 1.165) is 23.8 Å². The Morgan fingerprint density at radius 3 is 2.43 bits per heavy atom. The third-order valence-corrected chi connectivity index (χ3v) is 6.53. The maximum absolute atomic E-state index is 13.4. The molecule has 1 saturated heterocycles. The van der Waals surface area contributed by atoms with Gasteiger partial charge in [-0.3, -0.25) is 14.4 Å². The van der Waals surface area contributed by atoms with Gasteiger partial charge < -0.3 is 21.1 Å². The summed E-state index contributed by atoms with van der Waals surface area (Å²) >= 11 is 0. The lowest BCUT2D eigenvalue weighted by molar-refractivity contribution is -0.127. The van der Waals surface area contributed by atoms with Crippen LogP contribution in [0.25, 0.3) is 10.9 Å². The van der Waals surface area contributed by atoms with Crippen LogP contribution in [0.2, 0.25) is 0 Å². The summed E-state index contributed by atoms with van der Waals surface area (Å²) < 4.78 is 5.95. The molecule has 2 heterocycles. The molecule has 0 bridgehead atoms. The normalized spacial score (nSPS) is 18.2. The van der Waals surface area contributed by atoms with E-state index in [1.54, 1.807) is 18.2 Å². The van der Waals surface area contributed by atoms with E-state index in [2.05, 4.69) is 29.5 Å². The lowest BCUT2D eigenvalue weighted by atomic mass is 9.98. The number of primary amides is 1. The highest BCUT2D eigenvalue weighted by atomic mass is 16.6. The lowest BCUT2D eigenvalue weighted by Gasteiger charge is -2.22. The number of aromatic nitrogens is 1. The van der Waals surface area contributed by atoms with Crippen LogP contribution in [0.3, 0.4) is 0 Å². The van der Waals surface area contributed by atoms with Crippen molar-refractivity contribution < 1.29 is 19.1 Å². The van der Waals surface area contributed by atoms with Crippen LogP contribution in [0.5, 0.6) is 0 Å². The van der Waals surface area contributed by atoms with Crippen molar-refractivity contribution in [2.45, 2.75) is 63.8 Å². The molecular formula is C29H34N4O4. The van der Waals surface area contributed by atoms with E-state index in [1.807, 2.05) is 48.5 Å². The topological polar surface area (TPSA) is 127 Å². The first-order valence-electron chi connectivity index (χ1n) is 12.7. The van der Waals surface area contributed by atoms with Crippen LogP contribution in [0.1, 0.15) is 49.2 Å². The summed E-state index contributed by atoms with van der Waals surface area (Å²) in [5.41, 5.74) is 7.30. The highest BCUT2D eigenvalue weighted by Crippen LogP contribution is 2.32. The SMILES string of the molecule is CC(C)CCC1OC1C(Cc1ccccc1)NC(=O)[C@@H](CC(N)=O)NC(=O)c1ccc2ccccc2n1. The molecule has 2 aromatic carbocycles. The van der Waals surface area contributed by atoms with Gasteiger partial charge in [0.05, 0.1) is 24.1 Å². The molecule has 1 aromatic heterocycles. The number of amides is 3. The summed E-state index contributed by atoms with van der Waals surface area (Å²) in [6.07, 6.45) is 2.13. The van der Waals surface area contributed by atoms with Gasteiger partial charge in [0, 0.05) is 5.39 Å². The molecular weight excluding hydrogens is 468 g/mol. The Morgan fingerprint density at radius 2 is 1.70 bits per heavy atom. The van der Waals surface area contributed by atoms with Crippen molar-refractivity contribution in [1.29, 1.82) is 0 Å². The number of carbonyl (C=O) groups excluding carboxylic acids is 3. The van der Waals surface area contributed by atoms with Gasteiger partial charge in [-0.15, -0.1) is 0 Å². The molecule has 0 aliphatic carbocycles. The van der Waals surface area contributed by atoms with Gasteiger partial charge in [0.1, 0.15) is 17.8 Å². The number of hydrogen-bond donors (Lipinski definition) is 3. The summed E-state index contributed by atoms with van der Waals surface area (Å²) in [5, 5.41) is 6.58. The molecule has 1 aliphatic heterocycles. The molecule has 0 spiro atoms. The standard InChI is InChI=1S/C29H34N4O4/c1-18(2)12-15-25-27(37-25)23(16-19-8-4-3-5-9-19)32-29(36)24(17-26(30)34)33-28(35)22-14-13-20-10-6-7-11-21(20)31-22/h3-11,13-14,18,23-25,27H,12,15-17H2,1-2H3,(H2,30,34)(H,32,36)(H,33,35)/t23?,24-,25?,27?/m1/s1. The number of carbonyl (C=O) groups is 3. The number of nitrogens with zero attached hydrogens (tertiary/aromatic N) is 1. The number of hydrogen-bond acceptors (Lipinski definition) is 5. The summed E-state index contributed by atoms with van der Waals surface area (Å²) in [7, 11) is 0. The number of fused-ring (bicyclic) bond motifs is 1. The zero-order chi connectivity index (χ0) is 26.4. The van der Waals surface area contributed by atoms with Crippen LogP contribution in [0, 0.1) is 5.92 Å². The van der Waals surface area contributed by atoms with E-state index in [9.17, 15) is 14.4 Å². The van der Waals surface area contributed by atoms with Gasteiger partial charge in [0.25, 0.3) is 5.91 Å². The number of nitrogens with one attached hydrogen (secondary N) is 2. The van der Waals surface area contributed by atoms with Gasteiger partial charge in [-0.2, -0.15) is 0 Å². The van der Waals surface area contributed by atoms with E-state index < -0.39 is 23.8 Å². The average molecular weight is 503 g/mol. The van der Waals surface area contributed by atoms with E-state index in [0.29, 0.717) is 17.9 Å². The van der Waals surface area contributed by atoms with Crippen molar-refractivity contribution in [2.75, 3.05) is 0 Å². The fraction of sp³-hybridized carbons (Fsp3) is 0.379. The second kappa shape index (κ2) is 12.0. The largest absolute Gasteiger partial charge is 0.370 e. The van der Waals surface area contributed by atoms with Gasteiger partial charge in [-0.25, -0.2) is 4.98 Å². The van der Waals surface area contributed by atoms with Crippen molar-refractivity contribution in [3.8, 4) is 0 Å². The molecule has 0 radical (unpaired) electrons. The molecule has 4 rings (SSSR count). The Labute approximate surface area is 217 Å². The summed E-state index contributed by atoms with van der Waals surface area (Å²) in [4.78, 5) is 42.5. The first-order valence-corrected chi connectivity index (χ1v) is 12.7. The quantitative estimate of drug-likeness (QED) is 0.328. The first kappa shape index (κ1) is 26.3. The minimum absolute atomic E-state index is 0.0717. The highest BCUT2D eigenvalue weighted by Gasteiger charge is 2.45. The molecule has 3 aromatic rings. The van der Waals surface area contributed by atoms with Crippen molar-refractivity contribution in [2.24, 2.45) is 11.7 Å². The van der Waals surface area contributed by atoms with Crippen LogP contribution in [-0.2, 0) is 20.7 Å². The zero-order valence-corrected chi connectivity index (χ0v) is 21.2. The maximum Gasteiger partial charge on any atom is 0.270 e. The molecule has 1 fully saturated rings. The first-order chi connectivity index (χ1) is 17.8. The van der Waals surface area contributed by atoms with Gasteiger partial charge >= 0.3 is 0 Å². The molecule has 8 nitrogen and oxygen atoms in total. The molecule has 8 heteroatoms. The van der Waals surface area contributed by atoms with Crippen LogP contribution in [0.15, 0.2) is 66.7 Å². The number of benzene rings is 2. The lowest BCUT2D eigenvalue weighted by Crippen LogP contribution is -2.53. The third kappa shape index (κ3) is 7.36. The van der Waals surface area contributed by atoms with Gasteiger partial charge in [0.2, 0.25) is 11.8 Å². The molecule has 3 unspecified atom stereocenters. The average Bonchev–Trinajstić information content (AvgIpc) is 3.66. The number of nitrogens with two attached hydrogens (primary N) is 1. The van der Waals surface area contributed by atoms with E-state index in [-0.39, 0.29) is 30.4 Å². The maximum atomic E-state index is 13.4. The second-order valence-corrected chi connectivity index (χ2v) is 10.0. The summed E-state index contributed by atoms with van der Waals surface area (Å²) in [6.45, 7) is 4.34. The van der Waals surface area contributed by atoms with Crippen molar-refractivity contribution in [1.82, 2.24) is 15.6 Å². The van der Waals surface area contributed by atoms with E-state index in [1.165, 1.54) is 0 Å². The van der Waals surface area contributed by atoms with E-state index in [4.69, 9.17) is 10.5 Å². The highest BCUT2D eigenvalue weighted by molar-refractivity contribution is 5.99. The minimum atomic E-state index is -1.13. The number of pyridine rings is 1. The van der Waals surface area contributed by atoms with E-state index >= 15 is 0 Å². The Bertz CT molecular complexity index is 1250. The Balaban J connectivity index is 1.47. The number of rotatable bonds is 12. The zero-order valence-electron chi connectivity index (χ0n) is 21.2. The molecule has 1 aliphatic rings. The second-order valence-electron chi connectivity index (χ2n) is 10.0. The van der Waals surface area contributed by atoms with Gasteiger partial charge in [-0.05, 0) is 42.9 Å². The Hall–Kier alpha value is -3.78. The van der Waals surface area contributed by atoms with Crippen LogP contribution in [-0.4, -0.2) is 47.0 Å². The van der Waals surface area contributed by atoms with Crippen LogP contribution in [0.4, 0.5) is 0 Å². The van der Waals surface area contributed by atoms with Crippen LogP contribution >= 0.6 is 0 Å². The fourth-order valence-corrected chi connectivity index (χ4v) is 4.48. The van der Waals surface area contributed by atoms with Gasteiger partial charge in [0.15, 0.2) is 0 Å². The predicted molar refractivity (Wildman–Crippen MR) is 142 cm³/mol. The molecule has 0 saturated carbocycles. The summed E-state index contributed by atoms with van der Waals surface area (Å²) in [5.74, 6) is -1.16. The monoisotopic (exact) mass is 502 g/mol. The fourth-order valence-electron chi connectivity index (χ4n) is 4.48. The van der Waals surface area contributed by atoms with Gasteiger partial charge in [-0.1, -0.05) is 68.4 Å². The molecule has 37 heavy (non-hydrogen) atoms. The molecule has 4 N–H and O–H groups in total. The number of epoxide rings is 1. The van der Waals surface area contributed by atoms with Crippen molar-refractivity contribution in [3.63, 3.8) is 0 Å². The number of ether oxygens (including phenoxy) is 1.